The molecule has 8 heterocycles. The third kappa shape index (κ3) is 23.8. The van der Waals surface area contributed by atoms with Crippen LogP contribution >= 0.6 is 0 Å². The van der Waals surface area contributed by atoms with E-state index in [0.717, 1.165) is 42.7 Å². The SMILES string of the molecule is [2H]c1c(OC([2H])([2H])[2H])c(OC)c([2H])c2c1C([2H])([2H])C([2H])([2H])N1C([2H])([2H])C([2H])(C([2H])([2H])C([2H])(C)C([2H])([2H])[2H])C([2H])(OC(=O)[C@@H](N)C(C)C)C([2H])([2H])C21[2H].[2H]c1c(OC([2H])([2H])[2H])c(OC)c([2H])c2c1C([2H])([2H])C([2H])([2H])N1C([2H])([2H])C([2H])(C([2H])([2H])C([2H])(C)C([2H])([2H])[2H])C([2H])(OC(=O)[C@@H](N)C(C)C)C([2H])([2H])C21[2H].[2H]c1c(OC)c(OC)c([2H])c2c1C([2H])([2H])C([2H])([2H])N1C([2H])([2H])C([2H])(C([2H])([2H])C([2H])(C)C([2H])([2H])[2H])C([2H])(OC(=O)[C@@H](N)C(C)C)C([2H])([2H])C21[2H].[2H]c1c(OC)c(OC)c([2H])c2c1C1N(C([2H])([2H])C2([2H])[2H])C([2H])([2H])C([2H])(C([2H])([2H])C([2H])(C)C([2H])([2H])[2H])C([2H])(OC(=O)[C@@H](N)C(C)C)C1([2H])[2H]. The number of nitrogens with zero attached hydrogens (tertiary/aromatic N) is 4. The maximum absolute atomic E-state index is 13.5. The monoisotopic (exact) mass is 1750 g/mol. The number of methoxy groups -OCH3 is 8. The van der Waals surface area contributed by atoms with Crippen LogP contribution in [0, 0.1) is 70.8 Å². The maximum atomic E-state index is 13.5. The Hall–Kier alpha value is -7.16. The number of carbonyl (C=O) groups is 4. The molecule has 4 aromatic carbocycles. The number of rotatable bonds is 28. The second kappa shape index (κ2) is 43.9. The van der Waals surface area contributed by atoms with Crippen molar-refractivity contribution in [1.29, 1.82) is 0 Å². The van der Waals surface area contributed by atoms with Crippen molar-refractivity contribution in [3.05, 3.63) is 92.8 Å². The lowest BCUT2D eigenvalue weighted by Gasteiger charge is -2.47. The summed E-state index contributed by atoms with van der Waals surface area (Å²) in [7, 11) is -1.37. The topological polar surface area (TPSA) is 296 Å². The van der Waals surface area contributed by atoms with Crippen LogP contribution < -0.4 is 60.8 Å². The Morgan fingerprint density at radius 3 is 0.850 bits per heavy atom. The number of benzene rings is 4. The number of fused-ring (bicyclic) bond motifs is 12. The number of hydrogen-bond acceptors (Lipinski definition) is 24. The summed E-state index contributed by atoms with van der Waals surface area (Å²) in [5.74, 6) is -51.1. The first-order valence-corrected chi connectivity index (χ1v) is 36.2. The highest BCUT2D eigenvalue weighted by molar-refractivity contribution is 5.77. The molecule has 4 aromatic rings. The quantitative estimate of drug-likeness (QED) is 0.0303. The summed E-state index contributed by atoms with van der Waals surface area (Å²) < 4.78 is 771. The van der Waals surface area contributed by atoms with Crippen LogP contribution in [-0.2, 0) is 63.6 Å². The molecule has 0 aliphatic carbocycles. The smallest absolute Gasteiger partial charge is 0.323 e. The highest BCUT2D eigenvalue weighted by Gasteiger charge is 2.47. The fourth-order valence-corrected chi connectivity index (χ4v) is 10.5. The predicted molar refractivity (Wildman–Crippen MR) is 471 cm³/mol. The first kappa shape index (κ1) is 34.6. The van der Waals surface area contributed by atoms with Gasteiger partial charge in [-0.05, 0) is 191 Å². The van der Waals surface area contributed by atoms with Gasteiger partial charge in [-0.25, -0.2) is 0 Å². The van der Waals surface area contributed by atoms with Crippen LogP contribution in [0.4, 0.5) is 0 Å². The summed E-state index contributed by atoms with van der Waals surface area (Å²) >= 11 is 0. The molecule has 20 atom stereocenters. The van der Waals surface area contributed by atoms with Gasteiger partial charge in [0.05, 0.1) is 85.5 Å². The summed E-state index contributed by atoms with van der Waals surface area (Å²) in [5, 5.41) is 0. The molecule has 8 N–H and O–H groups in total. The van der Waals surface area contributed by atoms with Gasteiger partial charge in [0.1, 0.15) is 48.5 Å². The van der Waals surface area contributed by atoms with Gasteiger partial charge in [0.25, 0.3) is 0 Å². The largest absolute Gasteiger partial charge is 0.493 e. The first-order valence-electron chi connectivity index (χ1n) is 76.7. The molecule has 0 saturated carbocycles. The Bertz CT molecular complexity index is 7850. The van der Waals surface area contributed by atoms with Crippen molar-refractivity contribution in [2.75, 3.05) is 109 Å². The minimum absolute atomic E-state index is 0.283. The van der Waals surface area contributed by atoms with Gasteiger partial charge in [-0.3, -0.25) is 38.8 Å². The van der Waals surface area contributed by atoms with Crippen LogP contribution in [0.15, 0.2) is 48.3 Å². The molecular formula is C96H152N8O16. The van der Waals surface area contributed by atoms with E-state index < -0.39 is 491 Å². The van der Waals surface area contributed by atoms with Crippen LogP contribution in [0.25, 0.3) is 0 Å². The molecule has 0 radical (unpaired) electrons. The molecule has 120 heavy (non-hydrogen) atoms. The first-order chi connectivity index (χ1) is 88.2. The molecule has 4 fully saturated rings. The van der Waals surface area contributed by atoms with Crippen LogP contribution in [0.2, 0.25) is 0 Å². The van der Waals surface area contributed by atoms with Gasteiger partial charge in [-0.2, -0.15) is 0 Å². The Morgan fingerprint density at radius 2 is 0.600 bits per heavy atom. The van der Waals surface area contributed by atoms with E-state index in [-0.39, 0.29) is 4.90 Å². The number of nitrogens with two attached hydrogens (primary N) is 4. The van der Waals surface area contributed by atoms with Gasteiger partial charge in [0, 0.05) is 207 Å². The summed E-state index contributed by atoms with van der Waals surface area (Å²) in [6.45, 7) is -37.5. The molecule has 4 saturated heterocycles. The molecule has 0 amide bonds. The van der Waals surface area contributed by atoms with Crippen molar-refractivity contribution < 1.29 is 187 Å². The molecule has 16 unspecified atom stereocenters. The van der Waals surface area contributed by atoms with Gasteiger partial charge >= 0.3 is 23.9 Å². The lowest BCUT2D eigenvalue weighted by atomic mass is 9.79. The number of hydrogen-bond donors (Lipinski definition) is 4. The Labute approximate surface area is 832 Å². The molecule has 24 heteroatoms. The second-order valence-electron chi connectivity index (χ2n) is 27.4. The molecule has 0 aromatic heterocycles. The lowest BCUT2D eigenvalue weighted by molar-refractivity contribution is -0.161. The van der Waals surface area contributed by atoms with Gasteiger partial charge in [-0.15, -0.1) is 0 Å². The lowest BCUT2D eigenvalue weighted by Crippen LogP contribution is -2.51. The van der Waals surface area contributed by atoms with Crippen LogP contribution in [0.1, 0.15) is 341 Å². The van der Waals surface area contributed by atoms with E-state index in [9.17, 15) is 56.2 Å². The van der Waals surface area contributed by atoms with Gasteiger partial charge in [0.2, 0.25) is 0 Å². The Morgan fingerprint density at radius 1 is 0.375 bits per heavy atom. The third-order valence-corrected chi connectivity index (χ3v) is 17.1. The normalized spacial score (nSPS) is 51.3. The molecular weight excluding hydrogens is 1520 g/mol. The Balaban J connectivity index is 0.000000290. The molecule has 24 nitrogen and oxygen atoms in total. The highest BCUT2D eigenvalue weighted by Crippen LogP contribution is 2.50. The summed E-state index contributed by atoms with van der Waals surface area (Å²) in [4.78, 5) is 51.5. The number of carbonyl (C=O) groups excluding carboxylic acids is 4. The molecule has 0 spiro atoms. The molecule has 8 aliphatic rings. The second-order valence-corrected chi connectivity index (χ2v) is 27.4. The summed E-state index contributed by atoms with van der Waals surface area (Å²) in [5.41, 5.74) is 12.8. The zero-order valence-electron chi connectivity index (χ0n) is 149. The number of ether oxygens (including phenoxy) is 12. The van der Waals surface area contributed by atoms with E-state index in [1.54, 1.807) is 0 Å². The average molecular weight is 1760 g/mol. The van der Waals surface area contributed by atoms with E-state index >= 15 is 0 Å². The van der Waals surface area contributed by atoms with E-state index in [4.69, 9.17) is 154 Å². The summed E-state index contributed by atoms with van der Waals surface area (Å²) in [6.07, 6.45) is -68.3. The van der Waals surface area contributed by atoms with Gasteiger partial charge in [0.15, 0.2) is 46.0 Å². The van der Waals surface area contributed by atoms with E-state index in [2.05, 4.69) is 0 Å². The minimum atomic E-state index is -4.69. The fraction of sp³-hybridized carbons (Fsp3) is 0.708. The zero-order chi connectivity index (χ0) is 160. The maximum Gasteiger partial charge on any atom is 0.323 e. The average Bonchev–Trinajstić information content (AvgIpc) is 0.630. The summed E-state index contributed by atoms with van der Waals surface area (Å²) in [6, 6.07) is -32.3. The third-order valence-electron chi connectivity index (χ3n) is 17.1. The van der Waals surface area contributed by atoms with Crippen molar-refractivity contribution in [1.82, 2.24) is 19.6 Å². The van der Waals surface area contributed by atoms with Crippen molar-refractivity contribution >= 4 is 23.9 Å². The van der Waals surface area contributed by atoms with E-state index in [1.165, 1.54) is 55.4 Å². The van der Waals surface area contributed by atoms with Crippen LogP contribution in [0.3, 0.4) is 0 Å². The molecule has 12 rings (SSSR count). The van der Waals surface area contributed by atoms with E-state index in [0.29, 0.717) is 27.7 Å². The highest BCUT2D eigenvalue weighted by atomic mass is 16.6. The van der Waals surface area contributed by atoms with Gasteiger partial charge in [-0.1, -0.05) is 110 Å². The van der Waals surface area contributed by atoms with Crippen LogP contribution in [0.5, 0.6) is 46.0 Å². The number of esters is 4. The molecule has 672 valence electrons. The number of piperidine rings is 4. The Kier molecular flexibility index (Phi) is 12.7. The van der Waals surface area contributed by atoms with E-state index in [1.807, 2.05) is 0 Å². The standard InChI is InChI=1S/4C24H38N2O4/c4*1-14(2)9-17-13-26-8-7-16-10-21(28-5)22(29-6)11-18(16)19(26)12-20(17)30-24(27)23(25)15(3)4/h4*10-11,14-15,17,19-20,23H,7-9,12-13,25H2,1-6H3/t4*17?,19?,20?,23-/m0000/s1/i2*1D3,5D3,7D2,8D2,9D2,10D,11D,12D2,13D2,14D,17D,19D,20D;1D3,7D2,8D2,9D2,10D,11D,12D2,13D2,14D,17D,19D,20D;1D3,7D2,8D2,9D2,10D,11D,12D2,13D2,14D,17D,20D/t4*14?,17?,19?,20?,23-. The van der Waals surface area contributed by atoms with Crippen molar-refractivity contribution in [3.8, 4) is 46.0 Å². The van der Waals surface area contributed by atoms with Gasteiger partial charge < -0.3 is 79.8 Å². The van der Waals surface area contributed by atoms with Crippen LogP contribution in [-0.4, -0.2) is 201 Å². The van der Waals surface area contributed by atoms with Crippen molar-refractivity contribution in [2.45, 2.75) is 260 Å². The predicted octanol–water partition coefficient (Wildman–Crippen LogP) is 14.3. The van der Waals surface area contributed by atoms with Crippen molar-refractivity contribution in [2.24, 2.45) is 93.8 Å². The molecule has 0 bridgehead atoms. The molecule has 8 aliphatic heterocycles. The minimum Gasteiger partial charge on any atom is -0.493 e. The van der Waals surface area contributed by atoms with Crippen molar-refractivity contribution in [3.63, 3.8) is 0 Å². The fourth-order valence-electron chi connectivity index (χ4n) is 10.5. The zero-order valence-corrected chi connectivity index (χ0v) is 68.3.